The Morgan fingerprint density at radius 3 is 3.00 bits per heavy atom. The first-order valence-electron chi connectivity index (χ1n) is 6.47. The third-order valence-electron chi connectivity index (χ3n) is 3.20. The topological polar surface area (TPSA) is 44.5 Å². The second kappa shape index (κ2) is 6.41. The fourth-order valence-corrected chi connectivity index (χ4v) is 2.25. The standard InChI is InChI=1S/C14H20ClNO2/c1-2-11(16)7-10-3-4-14(13(15)8-10)18-12-5-6-17-9-12/h3-4,8,11-12H,2,5-7,9,16H2,1H3. The minimum atomic E-state index is 0.131. The Morgan fingerprint density at radius 1 is 1.56 bits per heavy atom. The molecule has 1 aromatic rings. The van der Waals surface area contributed by atoms with Gasteiger partial charge < -0.3 is 15.2 Å². The summed E-state index contributed by atoms with van der Waals surface area (Å²) in [5.41, 5.74) is 7.09. The number of benzene rings is 1. The van der Waals surface area contributed by atoms with E-state index < -0.39 is 0 Å². The van der Waals surface area contributed by atoms with Crippen molar-refractivity contribution in [3.05, 3.63) is 28.8 Å². The molecule has 0 saturated carbocycles. The van der Waals surface area contributed by atoms with Crippen LogP contribution in [0.25, 0.3) is 0 Å². The molecular formula is C14H20ClNO2. The Labute approximate surface area is 113 Å². The Bertz CT molecular complexity index is 391. The molecule has 2 unspecified atom stereocenters. The zero-order valence-corrected chi connectivity index (χ0v) is 11.5. The summed E-state index contributed by atoms with van der Waals surface area (Å²) in [5.74, 6) is 0.737. The largest absolute Gasteiger partial charge is 0.486 e. The van der Waals surface area contributed by atoms with Gasteiger partial charge in [0.05, 0.1) is 18.2 Å². The van der Waals surface area contributed by atoms with Gasteiger partial charge in [0.15, 0.2) is 0 Å². The highest BCUT2D eigenvalue weighted by Gasteiger charge is 2.18. The summed E-state index contributed by atoms with van der Waals surface area (Å²) in [5, 5.41) is 0.655. The maximum absolute atomic E-state index is 6.23. The van der Waals surface area contributed by atoms with Crippen LogP contribution in [0.1, 0.15) is 25.3 Å². The lowest BCUT2D eigenvalue weighted by molar-refractivity contribution is 0.141. The van der Waals surface area contributed by atoms with E-state index in [9.17, 15) is 0 Å². The molecule has 0 aliphatic carbocycles. The highest BCUT2D eigenvalue weighted by atomic mass is 35.5. The van der Waals surface area contributed by atoms with Crippen molar-refractivity contribution in [3.8, 4) is 5.75 Å². The van der Waals surface area contributed by atoms with Gasteiger partial charge in [-0.15, -0.1) is 0 Å². The normalized spacial score (nSPS) is 20.9. The molecule has 1 saturated heterocycles. The van der Waals surface area contributed by atoms with Gasteiger partial charge in [-0.2, -0.15) is 0 Å². The van der Waals surface area contributed by atoms with Gasteiger partial charge in [0, 0.05) is 12.5 Å². The van der Waals surface area contributed by atoms with Crippen molar-refractivity contribution in [1.29, 1.82) is 0 Å². The van der Waals surface area contributed by atoms with Crippen molar-refractivity contribution in [3.63, 3.8) is 0 Å². The third kappa shape index (κ3) is 3.61. The molecule has 18 heavy (non-hydrogen) atoms. The Morgan fingerprint density at radius 2 is 2.39 bits per heavy atom. The van der Waals surface area contributed by atoms with Gasteiger partial charge >= 0.3 is 0 Å². The van der Waals surface area contributed by atoms with E-state index in [-0.39, 0.29) is 12.1 Å². The van der Waals surface area contributed by atoms with Gasteiger partial charge in [-0.1, -0.05) is 24.6 Å². The summed E-state index contributed by atoms with van der Waals surface area (Å²) in [7, 11) is 0. The van der Waals surface area contributed by atoms with Crippen LogP contribution in [0, 0.1) is 0 Å². The van der Waals surface area contributed by atoms with Gasteiger partial charge in [-0.05, 0) is 30.5 Å². The third-order valence-corrected chi connectivity index (χ3v) is 3.50. The highest BCUT2D eigenvalue weighted by molar-refractivity contribution is 6.32. The molecule has 100 valence electrons. The van der Waals surface area contributed by atoms with Crippen molar-refractivity contribution >= 4 is 11.6 Å². The lowest BCUT2D eigenvalue weighted by Crippen LogP contribution is -2.21. The summed E-state index contributed by atoms with van der Waals surface area (Å²) in [6, 6.07) is 6.10. The van der Waals surface area contributed by atoms with Crippen molar-refractivity contribution < 1.29 is 9.47 Å². The number of ether oxygens (including phenoxy) is 2. The zero-order valence-electron chi connectivity index (χ0n) is 10.7. The maximum atomic E-state index is 6.23. The molecule has 1 aromatic carbocycles. The molecule has 1 aliphatic heterocycles. The molecule has 0 radical (unpaired) electrons. The lowest BCUT2D eigenvalue weighted by Gasteiger charge is -2.15. The molecule has 2 N–H and O–H groups in total. The molecule has 1 aliphatic rings. The smallest absolute Gasteiger partial charge is 0.138 e. The van der Waals surface area contributed by atoms with Crippen molar-refractivity contribution in [2.24, 2.45) is 5.73 Å². The lowest BCUT2D eigenvalue weighted by atomic mass is 10.0. The average molecular weight is 270 g/mol. The number of hydrogen-bond donors (Lipinski definition) is 1. The van der Waals surface area contributed by atoms with Crippen molar-refractivity contribution in [2.45, 2.75) is 38.3 Å². The fourth-order valence-electron chi connectivity index (χ4n) is 2.00. The Kier molecular flexibility index (Phi) is 4.87. The molecule has 1 fully saturated rings. The SMILES string of the molecule is CCC(N)Cc1ccc(OC2CCOC2)c(Cl)c1. The molecule has 0 aromatic heterocycles. The quantitative estimate of drug-likeness (QED) is 0.894. The van der Waals surface area contributed by atoms with E-state index in [1.165, 1.54) is 0 Å². The predicted octanol–water partition coefficient (Wildman–Crippen LogP) is 2.79. The summed E-state index contributed by atoms with van der Waals surface area (Å²) in [4.78, 5) is 0. The van der Waals surface area contributed by atoms with Crippen LogP contribution in [0.3, 0.4) is 0 Å². The minimum Gasteiger partial charge on any atom is -0.486 e. The van der Waals surface area contributed by atoms with E-state index in [2.05, 4.69) is 6.92 Å². The molecule has 2 rings (SSSR count). The van der Waals surface area contributed by atoms with Crippen LogP contribution in [0.2, 0.25) is 5.02 Å². The average Bonchev–Trinajstić information content (AvgIpc) is 2.85. The number of nitrogens with two attached hydrogens (primary N) is 1. The van der Waals surface area contributed by atoms with Gasteiger partial charge in [0.1, 0.15) is 11.9 Å². The van der Waals surface area contributed by atoms with Crippen LogP contribution in [0.4, 0.5) is 0 Å². The maximum Gasteiger partial charge on any atom is 0.138 e. The zero-order chi connectivity index (χ0) is 13.0. The van der Waals surface area contributed by atoms with Crippen LogP contribution in [0.5, 0.6) is 5.75 Å². The monoisotopic (exact) mass is 269 g/mol. The van der Waals surface area contributed by atoms with Crippen LogP contribution in [0.15, 0.2) is 18.2 Å². The minimum absolute atomic E-state index is 0.131. The van der Waals surface area contributed by atoms with Gasteiger partial charge in [0.2, 0.25) is 0 Å². The van der Waals surface area contributed by atoms with E-state index in [0.29, 0.717) is 11.6 Å². The molecule has 0 bridgehead atoms. The number of hydrogen-bond acceptors (Lipinski definition) is 3. The molecular weight excluding hydrogens is 250 g/mol. The number of halogens is 1. The molecule has 0 amide bonds. The summed E-state index contributed by atoms with van der Waals surface area (Å²) < 4.78 is 11.1. The predicted molar refractivity (Wildman–Crippen MR) is 73.3 cm³/mol. The summed E-state index contributed by atoms with van der Waals surface area (Å²) >= 11 is 6.23. The highest BCUT2D eigenvalue weighted by Crippen LogP contribution is 2.28. The first-order chi connectivity index (χ1) is 8.69. The first kappa shape index (κ1) is 13.7. The molecule has 1 heterocycles. The van der Waals surface area contributed by atoms with Crippen molar-refractivity contribution in [1.82, 2.24) is 0 Å². The van der Waals surface area contributed by atoms with Crippen molar-refractivity contribution in [2.75, 3.05) is 13.2 Å². The van der Waals surface area contributed by atoms with Crippen LogP contribution >= 0.6 is 11.6 Å². The van der Waals surface area contributed by atoms with Crippen LogP contribution in [-0.2, 0) is 11.2 Å². The fraction of sp³-hybridized carbons (Fsp3) is 0.571. The second-order valence-corrected chi connectivity index (χ2v) is 5.15. The summed E-state index contributed by atoms with van der Waals surface area (Å²) in [6.07, 6.45) is 2.88. The second-order valence-electron chi connectivity index (χ2n) is 4.74. The van der Waals surface area contributed by atoms with E-state index in [0.717, 1.165) is 37.2 Å². The van der Waals surface area contributed by atoms with Crippen LogP contribution < -0.4 is 10.5 Å². The molecule has 4 heteroatoms. The first-order valence-corrected chi connectivity index (χ1v) is 6.85. The van der Waals surface area contributed by atoms with E-state index in [1.807, 2.05) is 18.2 Å². The van der Waals surface area contributed by atoms with Crippen LogP contribution in [-0.4, -0.2) is 25.4 Å². The Balaban J connectivity index is 2.00. The Hall–Kier alpha value is -0.770. The van der Waals surface area contributed by atoms with E-state index in [1.54, 1.807) is 0 Å². The van der Waals surface area contributed by atoms with Gasteiger partial charge in [-0.25, -0.2) is 0 Å². The van der Waals surface area contributed by atoms with Gasteiger partial charge in [0.25, 0.3) is 0 Å². The molecule has 0 spiro atoms. The number of rotatable bonds is 5. The van der Waals surface area contributed by atoms with Gasteiger partial charge in [-0.3, -0.25) is 0 Å². The van der Waals surface area contributed by atoms with E-state index >= 15 is 0 Å². The summed E-state index contributed by atoms with van der Waals surface area (Å²) in [6.45, 7) is 3.51. The van der Waals surface area contributed by atoms with E-state index in [4.69, 9.17) is 26.8 Å². The molecule has 3 nitrogen and oxygen atoms in total. The molecule has 2 atom stereocenters.